The van der Waals surface area contributed by atoms with Crippen LogP contribution in [0.3, 0.4) is 0 Å². The summed E-state index contributed by atoms with van der Waals surface area (Å²) in [7, 11) is 0. The summed E-state index contributed by atoms with van der Waals surface area (Å²) in [5, 5.41) is 20.0. The summed E-state index contributed by atoms with van der Waals surface area (Å²) in [6.07, 6.45) is -0.204. The van der Waals surface area contributed by atoms with Crippen molar-refractivity contribution in [3.63, 3.8) is 0 Å². The number of carboxylic acid groups (broad SMARTS) is 1. The van der Waals surface area contributed by atoms with E-state index in [4.69, 9.17) is 26.2 Å². The van der Waals surface area contributed by atoms with Crippen molar-refractivity contribution in [2.45, 2.75) is 31.6 Å². The molecular formula is C22H26ClNO5. The summed E-state index contributed by atoms with van der Waals surface area (Å²) in [4.78, 5) is 12.9. The standard InChI is InChI=1S/C22H26ClNO5/c1-15(11-16-5-7-19(8-6-16)29-14-21(25)26)24-9-10-28-20(13-24)22(27)17-3-2-4-18(23)12-17/h2-8,12,15,20,22,27H,9-11,13-14H2,1H3,(H,25,26). The van der Waals surface area contributed by atoms with Gasteiger partial charge in [-0.1, -0.05) is 35.9 Å². The summed E-state index contributed by atoms with van der Waals surface area (Å²) in [5.74, 6) is -0.454. The van der Waals surface area contributed by atoms with E-state index in [9.17, 15) is 9.90 Å². The molecule has 6 nitrogen and oxygen atoms in total. The Kier molecular flexibility index (Phi) is 7.50. The lowest BCUT2D eigenvalue weighted by molar-refractivity contribution is -0.139. The predicted octanol–water partition coefficient (Wildman–Crippen LogP) is 3.17. The van der Waals surface area contributed by atoms with Crippen LogP contribution in [0.4, 0.5) is 0 Å². The van der Waals surface area contributed by atoms with Gasteiger partial charge in [-0.2, -0.15) is 0 Å². The number of aliphatic carboxylic acids is 1. The number of carboxylic acids is 1. The molecule has 0 spiro atoms. The number of nitrogens with zero attached hydrogens (tertiary/aromatic N) is 1. The molecule has 1 aliphatic rings. The van der Waals surface area contributed by atoms with Crippen LogP contribution in [0.2, 0.25) is 5.02 Å². The second-order valence-electron chi connectivity index (χ2n) is 7.28. The van der Waals surface area contributed by atoms with Gasteiger partial charge in [0.25, 0.3) is 0 Å². The van der Waals surface area contributed by atoms with Crippen LogP contribution in [-0.2, 0) is 16.0 Å². The van der Waals surface area contributed by atoms with Crippen LogP contribution < -0.4 is 4.74 Å². The molecule has 1 aliphatic heterocycles. The minimum atomic E-state index is -0.996. The normalized spacial score (nSPS) is 19.5. The molecule has 0 aliphatic carbocycles. The van der Waals surface area contributed by atoms with Gasteiger partial charge in [0.2, 0.25) is 0 Å². The van der Waals surface area contributed by atoms with E-state index in [1.165, 1.54) is 0 Å². The summed E-state index contributed by atoms with van der Waals surface area (Å²) in [6.45, 7) is 3.81. The lowest BCUT2D eigenvalue weighted by Crippen LogP contribution is -2.49. The Labute approximate surface area is 175 Å². The third-order valence-electron chi connectivity index (χ3n) is 5.11. The van der Waals surface area contributed by atoms with Gasteiger partial charge in [0.15, 0.2) is 6.61 Å². The van der Waals surface area contributed by atoms with E-state index in [1.807, 2.05) is 24.3 Å². The molecule has 7 heteroatoms. The van der Waals surface area contributed by atoms with Crippen molar-refractivity contribution in [2.75, 3.05) is 26.3 Å². The number of aliphatic hydroxyl groups excluding tert-OH is 1. The van der Waals surface area contributed by atoms with Crippen molar-refractivity contribution < 1.29 is 24.5 Å². The van der Waals surface area contributed by atoms with Crippen molar-refractivity contribution in [3.05, 3.63) is 64.7 Å². The van der Waals surface area contributed by atoms with E-state index in [0.717, 1.165) is 24.1 Å². The van der Waals surface area contributed by atoms with E-state index in [0.29, 0.717) is 23.9 Å². The highest BCUT2D eigenvalue weighted by Crippen LogP contribution is 2.26. The van der Waals surface area contributed by atoms with Crippen LogP contribution in [0.25, 0.3) is 0 Å². The topological polar surface area (TPSA) is 79.2 Å². The largest absolute Gasteiger partial charge is 0.482 e. The van der Waals surface area contributed by atoms with Crippen molar-refractivity contribution >= 4 is 17.6 Å². The smallest absolute Gasteiger partial charge is 0.341 e. The second-order valence-corrected chi connectivity index (χ2v) is 7.72. The monoisotopic (exact) mass is 419 g/mol. The SMILES string of the molecule is CC(Cc1ccc(OCC(=O)O)cc1)N1CCOC(C(O)c2cccc(Cl)c2)C1. The Hall–Kier alpha value is -2.12. The van der Waals surface area contributed by atoms with Crippen LogP contribution >= 0.6 is 11.6 Å². The molecule has 2 N–H and O–H groups in total. The zero-order chi connectivity index (χ0) is 20.8. The van der Waals surface area contributed by atoms with Crippen molar-refractivity contribution in [2.24, 2.45) is 0 Å². The minimum Gasteiger partial charge on any atom is -0.482 e. The van der Waals surface area contributed by atoms with Crippen LogP contribution in [0, 0.1) is 0 Å². The Balaban J connectivity index is 1.56. The van der Waals surface area contributed by atoms with Crippen molar-refractivity contribution in [1.29, 1.82) is 0 Å². The lowest BCUT2D eigenvalue weighted by atomic mass is 10.0. The molecule has 1 fully saturated rings. The van der Waals surface area contributed by atoms with Gasteiger partial charge in [0, 0.05) is 24.2 Å². The first-order chi connectivity index (χ1) is 13.9. The van der Waals surface area contributed by atoms with Crippen LogP contribution in [-0.4, -0.2) is 59.5 Å². The highest BCUT2D eigenvalue weighted by atomic mass is 35.5. The van der Waals surface area contributed by atoms with Gasteiger partial charge in [0.1, 0.15) is 18.0 Å². The molecule has 1 heterocycles. The second kappa shape index (κ2) is 10.1. The molecule has 0 radical (unpaired) electrons. The number of hydrogen-bond donors (Lipinski definition) is 2. The van der Waals surface area contributed by atoms with E-state index in [-0.39, 0.29) is 18.8 Å². The summed E-state index contributed by atoms with van der Waals surface area (Å²) in [6, 6.07) is 15.0. The summed E-state index contributed by atoms with van der Waals surface area (Å²) in [5.41, 5.74) is 1.90. The van der Waals surface area contributed by atoms with Gasteiger partial charge in [-0.3, -0.25) is 4.90 Å². The molecule has 2 aromatic carbocycles. The molecule has 29 heavy (non-hydrogen) atoms. The molecule has 3 atom stereocenters. The summed E-state index contributed by atoms with van der Waals surface area (Å²) >= 11 is 6.04. The van der Waals surface area contributed by atoms with Gasteiger partial charge < -0.3 is 19.7 Å². The highest BCUT2D eigenvalue weighted by Gasteiger charge is 2.30. The minimum absolute atomic E-state index is 0.263. The van der Waals surface area contributed by atoms with E-state index in [2.05, 4.69) is 11.8 Å². The number of hydrogen-bond acceptors (Lipinski definition) is 5. The Morgan fingerprint density at radius 2 is 2.07 bits per heavy atom. The number of aliphatic hydroxyl groups is 1. The van der Waals surface area contributed by atoms with E-state index in [1.54, 1.807) is 24.3 Å². The fourth-order valence-electron chi connectivity index (χ4n) is 3.53. The third-order valence-corrected chi connectivity index (χ3v) is 5.34. The maximum atomic E-state index is 10.7. The molecule has 0 aromatic heterocycles. The van der Waals surface area contributed by atoms with Crippen LogP contribution in [0.1, 0.15) is 24.2 Å². The predicted molar refractivity (Wildman–Crippen MR) is 110 cm³/mol. The van der Waals surface area contributed by atoms with Crippen LogP contribution in [0.15, 0.2) is 48.5 Å². The number of benzene rings is 2. The molecule has 1 saturated heterocycles. The van der Waals surface area contributed by atoms with Crippen molar-refractivity contribution in [3.8, 4) is 5.75 Å². The maximum Gasteiger partial charge on any atom is 0.341 e. The Morgan fingerprint density at radius 1 is 1.31 bits per heavy atom. The zero-order valence-electron chi connectivity index (χ0n) is 16.3. The highest BCUT2D eigenvalue weighted by molar-refractivity contribution is 6.30. The number of morpholine rings is 1. The maximum absolute atomic E-state index is 10.7. The number of rotatable bonds is 8. The van der Waals surface area contributed by atoms with Crippen molar-refractivity contribution in [1.82, 2.24) is 4.90 Å². The van der Waals surface area contributed by atoms with Gasteiger partial charge in [-0.05, 0) is 48.7 Å². The van der Waals surface area contributed by atoms with Crippen LogP contribution in [0.5, 0.6) is 5.75 Å². The Bertz CT molecular complexity index is 813. The number of ether oxygens (including phenoxy) is 2. The van der Waals surface area contributed by atoms with Gasteiger partial charge in [-0.15, -0.1) is 0 Å². The first-order valence-corrected chi connectivity index (χ1v) is 10.0. The zero-order valence-corrected chi connectivity index (χ0v) is 17.1. The first kappa shape index (κ1) is 21.6. The molecule has 0 bridgehead atoms. The quantitative estimate of drug-likeness (QED) is 0.684. The molecule has 3 rings (SSSR count). The molecular weight excluding hydrogens is 394 g/mol. The van der Waals surface area contributed by atoms with E-state index >= 15 is 0 Å². The van der Waals surface area contributed by atoms with E-state index < -0.39 is 12.1 Å². The molecule has 2 aromatic rings. The fourth-order valence-corrected chi connectivity index (χ4v) is 3.73. The molecule has 156 valence electrons. The average molecular weight is 420 g/mol. The third kappa shape index (κ3) is 6.18. The molecule has 0 saturated carbocycles. The number of halogens is 1. The molecule has 0 amide bonds. The van der Waals surface area contributed by atoms with Gasteiger partial charge in [0.05, 0.1) is 6.61 Å². The average Bonchev–Trinajstić information content (AvgIpc) is 2.72. The lowest BCUT2D eigenvalue weighted by Gasteiger charge is -2.38. The van der Waals surface area contributed by atoms with Gasteiger partial charge >= 0.3 is 5.97 Å². The fraction of sp³-hybridized carbons (Fsp3) is 0.409. The number of carbonyl (C=O) groups is 1. The first-order valence-electron chi connectivity index (χ1n) is 9.65. The molecule has 3 unspecified atom stereocenters. The summed E-state index contributed by atoms with van der Waals surface area (Å²) < 4.78 is 11.0. The Morgan fingerprint density at radius 3 is 2.76 bits per heavy atom. The van der Waals surface area contributed by atoms with Gasteiger partial charge in [-0.25, -0.2) is 4.79 Å².